The molecule has 6 rings (SSSR count). The van der Waals surface area contributed by atoms with Gasteiger partial charge in [-0.2, -0.15) is 0 Å². The largest absolute Gasteiger partial charge is 0.495 e. The molecular weight excluding hydrogens is 544 g/mol. The summed E-state index contributed by atoms with van der Waals surface area (Å²) < 4.78 is 7.75. The second kappa shape index (κ2) is 12.8. The molecule has 42 heavy (non-hydrogen) atoms. The summed E-state index contributed by atoms with van der Waals surface area (Å²) in [6, 6.07) is 24.9. The van der Waals surface area contributed by atoms with Crippen molar-refractivity contribution < 1.29 is 9.53 Å². The van der Waals surface area contributed by atoms with Gasteiger partial charge in [-0.15, -0.1) is 10.2 Å². The number of ether oxygens (including phenoxy) is 1. The topological polar surface area (TPSA) is 76.4 Å². The van der Waals surface area contributed by atoms with Crippen molar-refractivity contribution in [2.75, 3.05) is 43.9 Å². The highest BCUT2D eigenvalue weighted by Gasteiger charge is 2.22. The molecule has 1 fully saturated rings. The number of carbonyl (C=O) groups excluding carboxylic acids is 1. The number of thioether (sulfide) groups is 1. The molecule has 0 spiro atoms. The Hall–Kier alpha value is -4.11. The molecular formula is C33H36N6O2S. The summed E-state index contributed by atoms with van der Waals surface area (Å²) in [6.45, 7) is 5.95. The van der Waals surface area contributed by atoms with Gasteiger partial charge in [-0.1, -0.05) is 71.9 Å². The number of hydrogen-bond donors (Lipinski definition) is 0. The number of hydrogen-bond acceptors (Lipinski definition) is 7. The summed E-state index contributed by atoms with van der Waals surface area (Å²) >= 11 is 1.61. The minimum Gasteiger partial charge on any atom is -0.495 e. The maximum atomic E-state index is 12.9. The lowest BCUT2D eigenvalue weighted by molar-refractivity contribution is -0.131. The SMILES string of the molecule is COc1ccccc1N1CCN(C(=O)CCCCSc2nnc3c4ccccc4n(Cc4cccc(C)c4)c3n2)CC1. The molecule has 1 amide bonds. The van der Waals surface area contributed by atoms with E-state index in [-0.39, 0.29) is 5.91 Å². The number of methoxy groups -OCH3 is 1. The van der Waals surface area contributed by atoms with Gasteiger partial charge in [-0.05, 0) is 43.5 Å². The Morgan fingerprint density at radius 1 is 0.929 bits per heavy atom. The van der Waals surface area contributed by atoms with Crippen LogP contribution in [0.15, 0.2) is 78.0 Å². The standard InChI is InChI=1S/C33H36N6O2S/c1-24-10-9-11-25(22-24)23-39-27-13-4-3-12-26(27)31-32(39)34-33(36-35-31)42-21-8-7-16-30(40)38-19-17-37(18-20-38)28-14-5-6-15-29(28)41-2/h3-6,9-15,22H,7-8,16-21,23H2,1-2H3. The first-order valence-corrected chi connectivity index (χ1v) is 15.5. The number of aromatic nitrogens is 4. The van der Waals surface area contributed by atoms with Crippen LogP contribution in [0.3, 0.4) is 0 Å². The molecule has 1 saturated heterocycles. The van der Waals surface area contributed by atoms with Crippen LogP contribution in [0.4, 0.5) is 5.69 Å². The number of rotatable bonds is 10. The van der Waals surface area contributed by atoms with Crippen molar-refractivity contribution >= 4 is 45.4 Å². The molecule has 5 aromatic rings. The molecule has 0 N–H and O–H groups in total. The lowest BCUT2D eigenvalue weighted by atomic mass is 10.1. The number of unbranched alkanes of at least 4 members (excludes halogenated alkanes) is 1. The van der Waals surface area contributed by atoms with Crippen LogP contribution in [0.2, 0.25) is 0 Å². The molecule has 0 atom stereocenters. The van der Waals surface area contributed by atoms with Crippen LogP contribution in [0, 0.1) is 6.92 Å². The van der Waals surface area contributed by atoms with Gasteiger partial charge in [0.1, 0.15) is 11.3 Å². The Morgan fingerprint density at radius 2 is 1.74 bits per heavy atom. The highest BCUT2D eigenvalue weighted by Crippen LogP contribution is 2.30. The minimum atomic E-state index is 0.236. The maximum Gasteiger partial charge on any atom is 0.222 e. The number of amides is 1. The van der Waals surface area contributed by atoms with Crippen LogP contribution in [-0.4, -0.2) is 69.6 Å². The maximum absolute atomic E-state index is 12.9. The van der Waals surface area contributed by atoms with Crippen molar-refractivity contribution in [1.82, 2.24) is 24.6 Å². The van der Waals surface area contributed by atoms with E-state index in [4.69, 9.17) is 9.72 Å². The van der Waals surface area contributed by atoms with E-state index >= 15 is 0 Å². The normalized spacial score (nSPS) is 13.7. The number of anilines is 1. The van der Waals surface area contributed by atoms with Crippen molar-refractivity contribution in [2.45, 2.75) is 37.9 Å². The van der Waals surface area contributed by atoms with Gasteiger partial charge < -0.3 is 19.1 Å². The highest BCUT2D eigenvalue weighted by molar-refractivity contribution is 7.99. The van der Waals surface area contributed by atoms with Gasteiger partial charge in [0.25, 0.3) is 0 Å². The Labute approximate surface area is 250 Å². The van der Waals surface area contributed by atoms with Gasteiger partial charge >= 0.3 is 0 Å². The number of carbonyl (C=O) groups is 1. The molecule has 1 aliphatic rings. The predicted octanol–water partition coefficient (Wildman–Crippen LogP) is 5.96. The van der Waals surface area contributed by atoms with E-state index in [1.54, 1.807) is 18.9 Å². The predicted molar refractivity (Wildman–Crippen MR) is 169 cm³/mol. The van der Waals surface area contributed by atoms with Crippen molar-refractivity contribution in [2.24, 2.45) is 0 Å². The fourth-order valence-electron chi connectivity index (χ4n) is 5.69. The third kappa shape index (κ3) is 6.06. The van der Waals surface area contributed by atoms with Crippen molar-refractivity contribution in [3.05, 3.63) is 83.9 Å². The molecule has 3 heterocycles. The monoisotopic (exact) mass is 580 g/mol. The van der Waals surface area contributed by atoms with Gasteiger partial charge in [0.15, 0.2) is 5.65 Å². The number of nitrogens with zero attached hydrogens (tertiary/aromatic N) is 6. The van der Waals surface area contributed by atoms with Crippen LogP contribution in [0.5, 0.6) is 5.75 Å². The van der Waals surface area contributed by atoms with E-state index in [2.05, 4.69) is 75.1 Å². The first-order chi connectivity index (χ1) is 20.6. The van der Waals surface area contributed by atoms with Crippen LogP contribution >= 0.6 is 11.8 Å². The zero-order valence-electron chi connectivity index (χ0n) is 24.2. The van der Waals surface area contributed by atoms with Crippen molar-refractivity contribution in [3.63, 3.8) is 0 Å². The van der Waals surface area contributed by atoms with Gasteiger partial charge in [0.2, 0.25) is 11.1 Å². The number of aryl methyl sites for hydroxylation is 1. The summed E-state index contributed by atoms with van der Waals surface area (Å²) in [6.07, 6.45) is 2.34. The van der Waals surface area contributed by atoms with Crippen LogP contribution < -0.4 is 9.64 Å². The third-order valence-corrected chi connectivity index (χ3v) is 8.78. The number of fused-ring (bicyclic) bond motifs is 3. The minimum absolute atomic E-state index is 0.236. The fraction of sp³-hybridized carbons (Fsp3) is 0.333. The second-order valence-corrected chi connectivity index (χ2v) is 11.8. The molecule has 0 aliphatic carbocycles. The summed E-state index contributed by atoms with van der Waals surface area (Å²) in [4.78, 5) is 22.1. The van der Waals surface area contributed by atoms with E-state index in [1.807, 2.05) is 29.2 Å². The molecule has 2 aromatic heterocycles. The molecule has 0 saturated carbocycles. The van der Waals surface area contributed by atoms with Gasteiger partial charge in [0, 0.05) is 50.3 Å². The van der Waals surface area contributed by atoms with Crippen molar-refractivity contribution in [1.29, 1.82) is 0 Å². The summed E-state index contributed by atoms with van der Waals surface area (Å²) in [7, 11) is 1.70. The highest BCUT2D eigenvalue weighted by atomic mass is 32.2. The number of piperazine rings is 1. The van der Waals surface area contributed by atoms with E-state index in [0.29, 0.717) is 11.6 Å². The van der Waals surface area contributed by atoms with E-state index in [0.717, 1.165) is 84.8 Å². The van der Waals surface area contributed by atoms with Gasteiger partial charge in [-0.3, -0.25) is 4.79 Å². The van der Waals surface area contributed by atoms with Crippen LogP contribution in [0.1, 0.15) is 30.4 Å². The van der Waals surface area contributed by atoms with Gasteiger partial charge in [-0.25, -0.2) is 4.98 Å². The lowest BCUT2D eigenvalue weighted by Gasteiger charge is -2.36. The summed E-state index contributed by atoms with van der Waals surface area (Å²) in [5.41, 5.74) is 6.37. The third-order valence-electron chi connectivity index (χ3n) is 7.85. The quantitative estimate of drug-likeness (QED) is 0.149. The molecule has 1 aliphatic heterocycles. The molecule has 9 heteroatoms. The first-order valence-electron chi connectivity index (χ1n) is 14.6. The Balaban J connectivity index is 1.03. The van der Waals surface area contributed by atoms with Crippen LogP contribution in [-0.2, 0) is 11.3 Å². The average molecular weight is 581 g/mol. The van der Waals surface area contributed by atoms with Crippen LogP contribution in [0.25, 0.3) is 22.1 Å². The summed E-state index contributed by atoms with van der Waals surface area (Å²) in [5.74, 6) is 1.96. The summed E-state index contributed by atoms with van der Waals surface area (Å²) in [5, 5.41) is 10.8. The second-order valence-electron chi connectivity index (χ2n) is 10.7. The van der Waals surface area contributed by atoms with E-state index < -0.39 is 0 Å². The molecule has 0 unspecified atom stereocenters. The van der Waals surface area contributed by atoms with E-state index in [9.17, 15) is 4.79 Å². The van der Waals surface area contributed by atoms with E-state index in [1.165, 1.54) is 11.1 Å². The zero-order valence-corrected chi connectivity index (χ0v) is 25.0. The zero-order chi connectivity index (χ0) is 28.9. The first kappa shape index (κ1) is 28.0. The molecule has 0 bridgehead atoms. The lowest BCUT2D eigenvalue weighted by Crippen LogP contribution is -2.48. The molecule has 216 valence electrons. The Morgan fingerprint density at radius 3 is 2.57 bits per heavy atom. The molecule has 3 aromatic carbocycles. The Kier molecular flexibility index (Phi) is 8.55. The fourth-order valence-corrected chi connectivity index (χ4v) is 6.47. The smallest absolute Gasteiger partial charge is 0.222 e. The average Bonchev–Trinajstić information content (AvgIpc) is 3.33. The molecule has 8 nitrogen and oxygen atoms in total. The number of para-hydroxylation sites is 3. The van der Waals surface area contributed by atoms with Crippen molar-refractivity contribution in [3.8, 4) is 5.75 Å². The number of benzene rings is 3. The Bertz CT molecular complexity index is 1700. The van der Waals surface area contributed by atoms with Gasteiger partial charge in [0.05, 0.1) is 18.3 Å². The molecule has 0 radical (unpaired) electrons.